The summed E-state index contributed by atoms with van der Waals surface area (Å²) in [5, 5.41) is 0. The maximum atomic E-state index is 12.0. The highest BCUT2D eigenvalue weighted by molar-refractivity contribution is 14.1. The molecule has 0 aliphatic rings. The molecule has 0 aliphatic heterocycles. The molecule has 15 heavy (non-hydrogen) atoms. The van der Waals surface area contributed by atoms with Crippen molar-refractivity contribution < 1.29 is 4.79 Å². The fourth-order valence-electron chi connectivity index (χ4n) is 1.30. The number of hydrogen-bond acceptors (Lipinski definition) is 1. The van der Waals surface area contributed by atoms with E-state index in [4.69, 9.17) is 0 Å². The van der Waals surface area contributed by atoms with Crippen molar-refractivity contribution >= 4 is 44.4 Å². The molecule has 0 radical (unpaired) electrons. The monoisotopic (exact) mass is 381 g/mol. The highest BCUT2D eigenvalue weighted by atomic mass is 127. The van der Waals surface area contributed by atoms with E-state index in [1.165, 1.54) is 0 Å². The Hall–Kier alpha value is -0.100. The largest absolute Gasteiger partial charge is 0.341 e. The van der Waals surface area contributed by atoms with Crippen LogP contribution >= 0.6 is 38.5 Å². The minimum atomic E-state index is 0.0753. The molecule has 1 rings (SSSR count). The van der Waals surface area contributed by atoms with Crippen LogP contribution in [0.5, 0.6) is 0 Å². The topological polar surface area (TPSA) is 20.3 Å². The molecule has 0 saturated carbocycles. The number of rotatable bonds is 3. The molecule has 0 aliphatic carbocycles. The van der Waals surface area contributed by atoms with Gasteiger partial charge in [0.25, 0.3) is 5.91 Å². The van der Waals surface area contributed by atoms with Crippen molar-refractivity contribution in [1.29, 1.82) is 0 Å². The lowest BCUT2D eigenvalue weighted by molar-refractivity contribution is 0.0796. The second-order valence-corrected chi connectivity index (χ2v) is 6.17. The van der Waals surface area contributed by atoms with Crippen LogP contribution in [0.25, 0.3) is 0 Å². The molecule has 4 heteroatoms. The predicted molar refractivity (Wildman–Crippen MR) is 74.5 cm³/mol. The molecule has 1 aromatic carbocycles. The summed E-state index contributed by atoms with van der Waals surface area (Å²) in [5.41, 5.74) is 0.772. The first kappa shape index (κ1) is 13.0. The van der Waals surface area contributed by atoms with E-state index in [2.05, 4.69) is 38.5 Å². The second kappa shape index (κ2) is 5.84. The van der Waals surface area contributed by atoms with E-state index < -0.39 is 0 Å². The fourth-order valence-corrected chi connectivity index (χ4v) is 2.35. The van der Waals surface area contributed by atoms with Crippen molar-refractivity contribution in [3.8, 4) is 0 Å². The maximum absolute atomic E-state index is 12.0. The minimum absolute atomic E-state index is 0.0753. The number of nitrogens with zero attached hydrogens (tertiary/aromatic N) is 1. The van der Waals surface area contributed by atoms with E-state index in [1.54, 1.807) is 4.90 Å². The number of carbonyl (C=O) groups is 1. The van der Waals surface area contributed by atoms with Crippen molar-refractivity contribution in [1.82, 2.24) is 4.90 Å². The number of benzene rings is 1. The normalized spacial score (nSPS) is 12.3. The van der Waals surface area contributed by atoms with Gasteiger partial charge in [-0.15, -0.1) is 0 Å². The van der Waals surface area contributed by atoms with Gasteiger partial charge in [0.15, 0.2) is 0 Å². The standard InChI is InChI=1S/C11H13BrINO/c1-8(12)7-14(2)11(15)9-5-3-4-6-10(9)13/h3-6,8H,7H2,1-2H3. The molecule has 0 heterocycles. The van der Waals surface area contributed by atoms with E-state index in [0.717, 1.165) is 9.13 Å². The summed E-state index contributed by atoms with van der Waals surface area (Å²) in [6, 6.07) is 7.63. The van der Waals surface area contributed by atoms with Gasteiger partial charge in [0.2, 0.25) is 0 Å². The Balaban J connectivity index is 2.81. The van der Waals surface area contributed by atoms with Gasteiger partial charge in [-0.2, -0.15) is 0 Å². The van der Waals surface area contributed by atoms with Gasteiger partial charge in [0, 0.05) is 22.0 Å². The van der Waals surface area contributed by atoms with Crippen molar-refractivity contribution in [2.24, 2.45) is 0 Å². The summed E-state index contributed by atoms with van der Waals surface area (Å²) < 4.78 is 0.995. The average molecular weight is 382 g/mol. The zero-order valence-electron chi connectivity index (χ0n) is 8.71. The summed E-state index contributed by atoms with van der Waals surface area (Å²) in [4.78, 5) is 14.0. The lowest BCUT2D eigenvalue weighted by Crippen LogP contribution is -2.31. The summed E-state index contributed by atoms with van der Waals surface area (Å²) >= 11 is 5.62. The van der Waals surface area contributed by atoms with Crippen LogP contribution in [0.4, 0.5) is 0 Å². The zero-order valence-corrected chi connectivity index (χ0v) is 12.4. The van der Waals surface area contributed by atoms with Gasteiger partial charge in [-0.3, -0.25) is 4.79 Å². The Bertz CT molecular complexity index is 354. The molecule has 82 valence electrons. The molecular weight excluding hydrogens is 369 g/mol. The first-order valence-electron chi connectivity index (χ1n) is 4.66. The minimum Gasteiger partial charge on any atom is -0.341 e. The van der Waals surface area contributed by atoms with E-state index in [0.29, 0.717) is 11.4 Å². The molecule has 1 amide bonds. The molecule has 0 spiro atoms. The van der Waals surface area contributed by atoms with E-state index in [-0.39, 0.29) is 5.91 Å². The Labute approximate surface area is 112 Å². The molecule has 1 aromatic rings. The fraction of sp³-hybridized carbons (Fsp3) is 0.364. The summed E-state index contributed by atoms with van der Waals surface area (Å²) in [7, 11) is 1.82. The molecule has 0 saturated heterocycles. The molecular formula is C11H13BrINO. The van der Waals surface area contributed by atoms with Crippen molar-refractivity contribution in [3.05, 3.63) is 33.4 Å². The van der Waals surface area contributed by atoms with Gasteiger partial charge in [-0.1, -0.05) is 35.0 Å². The van der Waals surface area contributed by atoms with Crippen LogP contribution in [0.2, 0.25) is 0 Å². The Kier molecular flexibility index (Phi) is 5.05. The number of alkyl halides is 1. The molecule has 2 nitrogen and oxygen atoms in total. The van der Waals surface area contributed by atoms with Gasteiger partial charge in [-0.05, 0) is 34.7 Å². The van der Waals surface area contributed by atoms with Crippen LogP contribution in [0.1, 0.15) is 17.3 Å². The Morgan fingerprint density at radius 2 is 2.13 bits per heavy atom. The van der Waals surface area contributed by atoms with Crippen LogP contribution in [-0.2, 0) is 0 Å². The highest BCUT2D eigenvalue weighted by Gasteiger charge is 2.15. The van der Waals surface area contributed by atoms with Crippen LogP contribution in [0.3, 0.4) is 0 Å². The number of halogens is 2. The molecule has 0 fully saturated rings. The average Bonchev–Trinajstić information content (AvgIpc) is 2.16. The van der Waals surface area contributed by atoms with E-state index in [9.17, 15) is 4.79 Å². The SMILES string of the molecule is CC(Br)CN(C)C(=O)c1ccccc1I. The summed E-state index contributed by atoms with van der Waals surface area (Å²) in [6.45, 7) is 2.74. The third kappa shape index (κ3) is 3.75. The molecule has 0 aromatic heterocycles. The third-order valence-corrected chi connectivity index (χ3v) is 3.21. The summed E-state index contributed by atoms with van der Waals surface area (Å²) in [6.07, 6.45) is 0. The number of carbonyl (C=O) groups excluding carboxylic acids is 1. The van der Waals surface area contributed by atoms with Gasteiger partial charge in [0.1, 0.15) is 0 Å². The second-order valence-electron chi connectivity index (χ2n) is 3.45. The van der Waals surface area contributed by atoms with Crippen LogP contribution in [0.15, 0.2) is 24.3 Å². The molecule has 1 atom stereocenters. The first-order valence-corrected chi connectivity index (χ1v) is 6.66. The Morgan fingerprint density at radius 1 is 1.53 bits per heavy atom. The van der Waals surface area contributed by atoms with Crippen molar-refractivity contribution in [2.75, 3.05) is 13.6 Å². The third-order valence-electron chi connectivity index (χ3n) is 1.98. The smallest absolute Gasteiger partial charge is 0.254 e. The van der Waals surface area contributed by atoms with Crippen molar-refractivity contribution in [3.63, 3.8) is 0 Å². The van der Waals surface area contributed by atoms with Crippen LogP contribution in [0, 0.1) is 3.57 Å². The highest BCUT2D eigenvalue weighted by Crippen LogP contribution is 2.14. The van der Waals surface area contributed by atoms with E-state index >= 15 is 0 Å². The van der Waals surface area contributed by atoms with Gasteiger partial charge >= 0.3 is 0 Å². The number of hydrogen-bond donors (Lipinski definition) is 0. The van der Waals surface area contributed by atoms with E-state index in [1.807, 2.05) is 38.2 Å². The quantitative estimate of drug-likeness (QED) is 0.581. The number of amides is 1. The van der Waals surface area contributed by atoms with Crippen LogP contribution < -0.4 is 0 Å². The first-order chi connectivity index (χ1) is 7.02. The maximum Gasteiger partial charge on any atom is 0.254 e. The zero-order chi connectivity index (χ0) is 11.4. The van der Waals surface area contributed by atoms with Gasteiger partial charge < -0.3 is 4.90 Å². The molecule has 1 unspecified atom stereocenters. The van der Waals surface area contributed by atoms with Gasteiger partial charge in [-0.25, -0.2) is 0 Å². The molecule has 0 N–H and O–H groups in total. The summed E-state index contributed by atoms with van der Waals surface area (Å²) in [5.74, 6) is 0.0753. The van der Waals surface area contributed by atoms with Crippen molar-refractivity contribution in [2.45, 2.75) is 11.8 Å². The van der Waals surface area contributed by atoms with Gasteiger partial charge in [0.05, 0.1) is 5.56 Å². The lowest BCUT2D eigenvalue weighted by atomic mass is 10.2. The lowest BCUT2D eigenvalue weighted by Gasteiger charge is -2.19. The Morgan fingerprint density at radius 3 is 2.67 bits per heavy atom. The van der Waals surface area contributed by atoms with Crippen LogP contribution in [-0.4, -0.2) is 29.2 Å². The predicted octanol–water partition coefficient (Wildman–Crippen LogP) is 3.15. The molecule has 0 bridgehead atoms.